The molecule has 4 heteroatoms. The number of rotatable bonds is 8. The van der Waals surface area contributed by atoms with E-state index >= 15 is 0 Å². The zero-order valence-electron chi connectivity index (χ0n) is 22.5. The van der Waals surface area contributed by atoms with E-state index in [1.165, 1.54) is 51.8 Å². The zero-order chi connectivity index (χ0) is 26.3. The van der Waals surface area contributed by atoms with Crippen LogP contribution in [0.15, 0.2) is 83.7 Å². The molecule has 4 unspecified atom stereocenters. The van der Waals surface area contributed by atoms with E-state index in [4.69, 9.17) is 17.2 Å². The predicted molar refractivity (Wildman–Crippen MR) is 164 cm³/mol. The Bertz CT molecular complexity index is 1330. The molecule has 0 spiro atoms. The first-order valence-corrected chi connectivity index (χ1v) is 28.2. The van der Waals surface area contributed by atoms with Crippen LogP contribution < -0.4 is 0 Å². The Morgan fingerprint density at radius 3 is 2.05 bits per heavy atom. The number of hydrogen-bond acceptors (Lipinski definition) is 0. The molecule has 3 aromatic rings. The van der Waals surface area contributed by atoms with Gasteiger partial charge in [-0.3, -0.25) is 0 Å². The molecule has 192 valence electrons. The first-order chi connectivity index (χ1) is 17.8. The normalized spacial score (nSPS) is 21.1. The summed E-state index contributed by atoms with van der Waals surface area (Å²) in [6, 6.07) is 26.3. The van der Waals surface area contributed by atoms with Gasteiger partial charge in [-0.05, 0) is 0 Å². The third kappa shape index (κ3) is 4.93. The van der Waals surface area contributed by atoms with Crippen molar-refractivity contribution in [2.24, 2.45) is 0 Å². The zero-order valence-corrected chi connectivity index (χ0v) is 28.5. The van der Waals surface area contributed by atoms with E-state index in [-0.39, 0.29) is 15.3 Å². The second-order valence-electron chi connectivity index (χ2n) is 10.7. The molecule has 0 amide bonds. The molecule has 0 fully saturated rings. The van der Waals surface area contributed by atoms with Crippen molar-refractivity contribution >= 4 is 37.2 Å². The second-order valence-corrected chi connectivity index (χ2v) is 34.6. The number of hydrogen-bond donors (Lipinski definition) is 0. The number of halogens is 2. The van der Waals surface area contributed by atoms with Gasteiger partial charge in [-0.15, -0.1) is 0 Å². The molecule has 5 rings (SSSR count). The van der Waals surface area contributed by atoms with Gasteiger partial charge in [-0.25, -0.2) is 0 Å². The van der Waals surface area contributed by atoms with Crippen molar-refractivity contribution in [1.82, 2.24) is 0 Å². The van der Waals surface area contributed by atoms with E-state index in [1.807, 2.05) is 0 Å². The van der Waals surface area contributed by atoms with E-state index in [0.717, 1.165) is 0 Å². The molecule has 0 saturated carbocycles. The molecular weight excluding hydrogens is 677 g/mol. The van der Waals surface area contributed by atoms with Crippen molar-refractivity contribution in [1.29, 1.82) is 0 Å². The SMILES string of the molecule is CCC(C)P(C1=Cc2ccccc2[CH]1[Hf]([Cl])([Cl])[CH]1C(C)=Cc2c(-c3ccccc3)cccc21)C(C)CC. The molecule has 0 radical (unpaired) electrons. The van der Waals surface area contributed by atoms with Crippen molar-refractivity contribution in [3.05, 3.63) is 106 Å². The minimum atomic E-state index is -4.11. The van der Waals surface area contributed by atoms with Crippen LogP contribution in [0.2, 0.25) is 0 Å². The van der Waals surface area contributed by atoms with Crippen molar-refractivity contribution in [3.8, 4) is 11.1 Å². The summed E-state index contributed by atoms with van der Waals surface area (Å²) >= 11 is -4.11. The third-order valence-corrected chi connectivity index (χ3v) is 30.6. The molecule has 0 aliphatic heterocycles. The fraction of sp³-hybridized carbons (Fsp3) is 0.333. The molecule has 0 N–H and O–H groups in total. The molecule has 2 aliphatic rings. The van der Waals surface area contributed by atoms with Gasteiger partial charge in [0.2, 0.25) is 0 Å². The maximum absolute atomic E-state index is 7.95. The van der Waals surface area contributed by atoms with Crippen molar-refractivity contribution in [2.75, 3.05) is 0 Å². The molecule has 0 heterocycles. The quantitative estimate of drug-likeness (QED) is 0.161. The van der Waals surface area contributed by atoms with Gasteiger partial charge in [0.25, 0.3) is 0 Å². The Labute approximate surface area is 236 Å². The molecule has 3 aromatic carbocycles. The summed E-state index contributed by atoms with van der Waals surface area (Å²) in [5.74, 6) is 0. The van der Waals surface area contributed by atoms with Crippen LogP contribution in [0.5, 0.6) is 0 Å². The summed E-state index contributed by atoms with van der Waals surface area (Å²) in [5.41, 5.74) is 10.5. The predicted octanol–water partition coefficient (Wildman–Crippen LogP) is 11.4. The molecule has 2 aliphatic carbocycles. The summed E-state index contributed by atoms with van der Waals surface area (Å²) in [6.07, 6.45) is 7.25. The minimum absolute atomic E-state index is 0.153. The van der Waals surface area contributed by atoms with Crippen molar-refractivity contribution in [2.45, 2.75) is 66.1 Å². The fourth-order valence-electron chi connectivity index (χ4n) is 6.37. The van der Waals surface area contributed by atoms with Gasteiger partial charge in [0.15, 0.2) is 0 Å². The number of allylic oxidation sites excluding steroid dienone is 2. The topological polar surface area (TPSA) is 0 Å². The van der Waals surface area contributed by atoms with Gasteiger partial charge < -0.3 is 0 Å². The standard InChI is InChI=1S/C17H24P.C16H13.2ClH.Hf/c1-5-13(3)18(14(4)6-2)17-11-15-9-7-8-10-16(15)12-17;1-12-10-14-8-5-9-15(16(14)11-12)13-6-3-2-4-7-13;;;/h7-14H,5-6H2,1-4H3;2-11H,1H3;2*1H;/q;;;;+2/p-2. The average Bonchev–Trinajstić information content (AvgIpc) is 3.46. The molecule has 0 aromatic heterocycles. The van der Waals surface area contributed by atoms with Crippen LogP contribution in [0, 0.1) is 0 Å². The van der Waals surface area contributed by atoms with Crippen LogP contribution >= 0.6 is 25.1 Å². The summed E-state index contributed by atoms with van der Waals surface area (Å²) in [6.45, 7) is 11.8. The van der Waals surface area contributed by atoms with E-state index < -0.39 is 17.6 Å². The Hall–Kier alpha value is -0.980. The molecule has 37 heavy (non-hydrogen) atoms. The maximum atomic E-state index is 7.95. The van der Waals surface area contributed by atoms with Gasteiger partial charge in [0.1, 0.15) is 0 Å². The summed E-state index contributed by atoms with van der Waals surface area (Å²) in [4.78, 5) is 0. The number of benzene rings is 3. The second kappa shape index (κ2) is 11.3. The first-order valence-electron chi connectivity index (χ1n) is 13.6. The van der Waals surface area contributed by atoms with E-state index in [2.05, 4.69) is 120 Å². The average molecular weight is 714 g/mol. The Morgan fingerprint density at radius 2 is 1.38 bits per heavy atom. The Morgan fingerprint density at radius 1 is 0.757 bits per heavy atom. The molecule has 0 nitrogen and oxygen atoms in total. The van der Waals surface area contributed by atoms with Crippen molar-refractivity contribution in [3.63, 3.8) is 0 Å². The van der Waals surface area contributed by atoms with E-state index in [9.17, 15) is 0 Å². The molecule has 0 saturated heterocycles. The fourth-order valence-corrected chi connectivity index (χ4v) is 33.1. The third-order valence-electron chi connectivity index (χ3n) is 8.47. The van der Waals surface area contributed by atoms with Gasteiger partial charge in [-0.1, -0.05) is 0 Å². The Kier molecular flexibility index (Phi) is 8.39. The summed E-state index contributed by atoms with van der Waals surface area (Å²) < 4.78 is 0.348. The first kappa shape index (κ1) is 27.6. The van der Waals surface area contributed by atoms with E-state index in [0.29, 0.717) is 11.3 Å². The van der Waals surface area contributed by atoms with Crippen LogP contribution in [0.25, 0.3) is 23.3 Å². The summed E-state index contributed by atoms with van der Waals surface area (Å²) in [5, 5.41) is 1.58. The van der Waals surface area contributed by atoms with Gasteiger partial charge in [0, 0.05) is 0 Å². The van der Waals surface area contributed by atoms with Crippen LogP contribution in [-0.2, 0) is 17.6 Å². The van der Waals surface area contributed by atoms with Gasteiger partial charge in [0.05, 0.1) is 0 Å². The van der Waals surface area contributed by atoms with Crippen molar-refractivity contribution < 1.29 is 17.6 Å². The molecular formula is C33H37Cl2HfP. The molecule has 4 atom stereocenters. The van der Waals surface area contributed by atoms with Crippen LogP contribution in [0.3, 0.4) is 0 Å². The van der Waals surface area contributed by atoms with Crippen LogP contribution in [0.4, 0.5) is 0 Å². The summed E-state index contributed by atoms with van der Waals surface area (Å²) in [7, 11) is 15.6. The van der Waals surface area contributed by atoms with Gasteiger partial charge >= 0.3 is 238 Å². The number of fused-ring (bicyclic) bond motifs is 2. The van der Waals surface area contributed by atoms with Gasteiger partial charge in [-0.2, -0.15) is 0 Å². The van der Waals surface area contributed by atoms with Crippen LogP contribution in [0.1, 0.15) is 77.1 Å². The van der Waals surface area contributed by atoms with E-state index in [1.54, 1.807) is 5.31 Å². The van der Waals surface area contributed by atoms with Crippen LogP contribution in [-0.4, -0.2) is 11.3 Å². The molecule has 0 bridgehead atoms. The Balaban J connectivity index is 1.64. The monoisotopic (exact) mass is 714 g/mol.